The van der Waals surface area contributed by atoms with Crippen molar-refractivity contribution in [3.05, 3.63) is 34.9 Å². The number of rotatable bonds is 1. The predicted octanol–water partition coefficient (Wildman–Crippen LogP) is 2.21. The first-order chi connectivity index (χ1) is 9.43. The molecule has 0 radical (unpaired) electrons. The summed E-state index contributed by atoms with van der Waals surface area (Å²) >= 11 is 0. The van der Waals surface area contributed by atoms with E-state index in [9.17, 15) is 9.59 Å². The zero-order valence-corrected chi connectivity index (χ0v) is 11.8. The number of nitrogens with zero attached hydrogens (tertiary/aromatic N) is 1. The number of piperidine rings is 1. The van der Waals surface area contributed by atoms with Gasteiger partial charge in [-0.2, -0.15) is 0 Å². The van der Waals surface area contributed by atoms with Crippen molar-refractivity contribution >= 4 is 11.9 Å². The number of benzene rings is 1. The van der Waals surface area contributed by atoms with E-state index in [1.165, 1.54) is 5.56 Å². The summed E-state index contributed by atoms with van der Waals surface area (Å²) in [6.07, 6.45) is 3.17. The molecule has 1 heterocycles. The van der Waals surface area contributed by atoms with Crippen LogP contribution < -0.4 is 0 Å². The van der Waals surface area contributed by atoms with Crippen LogP contribution in [0.1, 0.15) is 47.7 Å². The number of hydrogen-bond acceptors (Lipinski definition) is 2. The summed E-state index contributed by atoms with van der Waals surface area (Å²) < 4.78 is 0. The molecule has 3 rings (SSSR count). The number of fused-ring (bicyclic) bond motifs is 3. The van der Waals surface area contributed by atoms with Gasteiger partial charge in [0.1, 0.15) is 0 Å². The van der Waals surface area contributed by atoms with Crippen LogP contribution in [0.2, 0.25) is 0 Å². The summed E-state index contributed by atoms with van der Waals surface area (Å²) in [6.45, 7) is 2.21. The van der Waals surface area contributed by atoms with Crippen LogP contribution >= 0.6 is 0 Å². The summed E-state index contributed by atoms with van der Waals surface area (Å²) in [4.78, 5) is 24.9. The number of likely N-dealkylation sites (tertiary alicyclic amines) is 1. The summed E-state index contributed by atoms with van der Waals surface area (Å²) in [7, 11) is 1.89. The molecule has 4 heteroatoms. The quantitative estimate of drug-likeness (QED) is 0.853. The first-order valence-electron chi connectivity index (χ1n) is 7.06. The normalized spacial score (nSPS) is 28.8. The Labute approximate surface area is 118 Å². The van der Waals surface area contributed by atoms with E-state index in [0.29, 0.717) is 12.0 Å². The smallest absolute Gasteiger partial charge is 0.335 e. The van der Waals surface area contributed by atoms with Gasteiger partial charge in [0.2, 0.25) is 5.91 Å². The molecule has 20 heavy (non-hydrogen) atoms. The first-order valence-corrected chi connectivity index (χ1v) is 7.06. The summed E-state index contributed by atoms with van der Waals surface area (Å²) in [6, 6.07) is 5.67. The van der Waals surface area contributed by atoms with Gasteiger partial charge in [-0.25, -0.2) is 4.79 Å². The molecule has 1 aliphatic carbocycles. The van der Waals surface area contributed by atoms with Crippen molar-refractivity contribution in [1.29, 1.82) is 0 Å². The van der Waals surface area contributed by atoms with E-state index in [0.717, 1.165) is 24.8 Å². The van der Waals surface area contributed by atoms with E-state index in [1.54, 1.807) is 12.1 Å². The number of aromatic carboxylic acids is 1. The SMILES string of the molecule is CN1C(=O)CCC2(C)c3ccc(C(=O)O)cc3CCC12. The highest BCUT2D eigenvalue weighted by Crippen LogP contribution is 2.45. The second-order valence-corrected chi connectivity index (χ2v) is 6.15. The Morgan fingerprint density at radius 1 is 1.40 bits per heavy atom. The van der Waals surface area contributed by atoms with Crippen LogP contribution in [0.5, 0.6) is 0 Å². The number of carbonyl (C=O) groups excluding carboxylic acids is 1. The number of hydrogen-bond donors (Lipinski definition) is 1. The molecule has 106 valence electrons. The zero-order valence-electron chi connectivity index (χ0n) is 11.8. The lowest BCUT2D eigenvalue weighted by Crippen LogP contribution is -2.56. The maximum atomic E-state index is 11.9. The van der Waals surface area contributed by atoms with Gasteiger partial charge in [-0.05, 0) is 42.5 Å². The van der Waals surface area contributed by atoms with E-state index in [-0.39, 0.29) is 17.4 Å². The Bertz CT molecular complexity index is 595. The molecule has 1 aromatic rings. The second kappa shape index (κ2) is 4.33. The van der Waals surface area contributed by atoms with Gasteiger partial charge >= 0.3 is 5.97 Å². The maximum absolute atomic E-state index is 11.9. The fraction of sp³-hybridized carbons (Fsp3) is 0.500. The molecule has 1 aromatic carbocycles. The molecule has 0 saturated carbocycles. The molecule has 0 spiro atoms. The van der Waals surface area contributed by atoms with E-state index >= 15 is 0 Å². The molecule has 1 N–H and O–H groups in total. The Hall–Kier alpha value is -1.84. The van der Waals surface area contributed by atoms with Crippen molar-refractivity contribution in [2.75, 3.05) is 7.05 Å². The fourth-order valence-electron chi connectivity index (χ4n) is 3.92. The van der Waals surface area contributed by atoms with Crippen molar-refractivity contribution in [3.8, 4) is 0 Å². The Balaban J connectivity index is 2.07. The minimum absolute atomic E-state index is 0.0483. The molecule has 2 atom stereocenters. The summed E-state index contributed by atoms with van der Waals surface area (Å²) in [5, 5.41) is 9.11. The monoisotopic (exact) mass is 273 g/mol. The third-order valence-electron chi connectivity index (χ3n) is 5.11. The highest BCUT2D eigenvalue weighted by Gasteiger charge is 2.46. The van der Waals surface area contributed by atoms with Crippen LogP contribution in [-0.2, 0) is 16.6 Å². The van der Waals surface area contributed by atoms with Gasteiger partial charge in [-0.3, -0.25) is 4.79 Å². The average Bonchev–Trinajstić information content (AvgIpc) is 2.43. The molecular formula is C16H19NO3. The van der Waals surface area contributed by atoms with Gasteiger partial charge in [0.25, 0.3) is 0 Å². The molecule has 1 fully saturated rings. The van der Waals surface area contributed by atoms with Crippen molar-refractivity contribution in [3.63, 3.8) is 0 Å². The van der Waals surface area contributed by atoms with Crippen LogP contribution in [-0.4, -0.2) is 35.0 Å². The van der Waals surface area contributed by atoms with Crippen LogP contribution in [0, 0.1) is 0 Å². The van der Waals surface area contributed by atoms with Crippen molar-refractivity contribution in [1.82, 2.24) is 4.90 Å². The third kappa shape index (κ3) is 1.74. The van der Waals surface area contributed by atoms with Gasteiger partial charge < -0.3 is 10.0 Å². The highest BCUT2D eigenvalue weighted by atomic mass is 16.4. The molecule has 4 nitrogen and oxygen atoms in total. The molecule has 1 saturated heterocycles. The van der Waals surface area contributed by atoms with Gasteiger partial charge in [-0.1, -0.05) is 13.0 Å². The molecule has 0 aromatic heterocycles. The zero-order chi connectivity index (χ0) is 14.5. The van der Waals surface area contributed by atoms with Gasteiger partial charge in [0.05, 0.1) is 5.56 Å². The lowest BCUT2D eigenvalue weighted by molar-refractivity contribution is -0.138. The largest absolute Gasteiger partial charge is 0.478 e. The summed E-state index contributed by atoms with van der Waals surface area (Å²) in [5.41, 5.74) is 2.66. The van der Waals surface area contributed by atoms with Crippen LogP contribution in [0.25, 0.3) is 0 Å². The van der Waals surface area contributed by atoms with Gasteiger partial charge in [-0.15, -0.1) is 0 Å². The number of aryl methyl sites for hydroxylation is 1. The van der Waals surface area contributed by atoms with Crippen molar-refractivity contribution < 1.29 is 14.7 Å². The number of carbonyl (C=O) groups is 2. The number of carboxylic acid groups (broad SMARTS) is 1. The number of amides is 1. The van der Waals surface area contributed by atoms with E-state index < -0.39 is 5.97 Å². The third-order valence-corrected chi connectivity index (χ3v) is 5.11. The topological polar surface area (TPSA) is 57.6 Å². The first kappa shape index (κ1) is 13.2. The molecule has 0 bridgehead atoms. The Kier molecular flexibility index (Phi) is 2.85. The second-order valence-electron chi connectivity index (χ2n) is 6.15. The fourth-order valence-corrected chi connectivity index (χ4v) is 3.92. The standard InChI is InChI=1S/C16H19NO3/c1-16-8-7-14(18)17(2)13(16)6-4-10-9-11(15(19)20)3-5-12(10)16/h3,5,9,13H,4,6-8H2,1-2H3,(H,19,20). The van der Waals surface area contributed by atoms with Crippen LogP contribution in [0.15, 0.2) is 18.2 Å². The molecule has 2 aliphatic rings. The van der Waals surface area contributed by atoms with Crippen molar-refractivity contribution in [2.24, 2.45) is 0 Å². The molecule has 1 amide bonds. The average molecular weight is 273 g/mol. The molecule has 1 aliphatic heterocycles. The summed E-state index contributed by atoms with van der Waals surface area (Å²) in [5.74, 6) is -0.658. The highest BCUT2D eigenvalue weighted by molar-refractivity contribution is 5.88. The molecular weight excluding hydrogens is 254 g/mol. The predicted molar refractivity (Wildman–Crippen MR) is 74.9 cm³/mol. The minimum Gasteiger partial charge on any atom is -0.478 e. The number of carboxylic acids is 1. The van der Waals surface area contributed by atoms with Crippen LogP contribution in [0.4, 0.5) is 0 Å². The van der Waals surface area contributed by atoms with Crippen molar-refractivity contribution in [2.45, 2.75) is 44.1 Å². The lowest BCUT2D eigenvalue weighted by atomic mass is 9.63. The number of likely N-dealkylation sites (N-methyl/N-ethyl adjacent to an activating group) is 1. The maximum Gasteiger partial charge on any atom is 0.335 e. The van der Waals surface area contributed by atoms with E-state index in [1.807, 2.05) is 18.0 Å². The van der Waals surface area contributed by atoms with Gasteiger partial charge in [0, 0.05) is 24.9 Å². The lowest BCUT2D eigenvalue weighted by Gasteiger charge is -2.50. The Morgan fingerprint density at radius 3 is 2.85 bits per heavy atom. The van der Waals surface area contributed by atoms with E-state index in [4.69, 9.17) is 5.11 Å². The Morgan fingerprint density at radius 2 is 2.15 bits per heavy atom. The molecule has 2 unspecified atom stereocenters. The van der Waals surface area contributed by atoms with E-state index in [2.05, 4.69) is 6.92 Å². The van der Waals surface area contributed by atoms with Crippen LogP contribution in [0.3, 0.4) is 0 Å². The van der Waals surface area contributed by atoms with Gasteiger partial charge in [0.15, 0.2) is 0 Å². The minimum atomic E-state index is -0.879.